The Morgan fingerprint density at radius 3 is 2.62 bits per heavy atom. The van der Waals surface area contributed by atoms with Gasteiger partial charge in [0.2, 0.25) is 10.0 Å². The normalized spacial score (nSPS) is 15.6. The second kappa shape index (κ2) is 9.15. The summed E-state index contributed by atoms with van der Waals surface area (Å²) in [7, 11) is -3.63. The van der Waals surface area contributed by atoms with Gasteiger partial charge in [0.25, 0.3) is 0 Å². The lowest BCUT2D eigenvalue weighted by atomic mass is 10.2. The van der Waals surface area contributed by atoms with Gasteiger partial charge in [0, 0.05) is 13.1 Å². The average Bonchev–Trinajstić information content (AvgIpc) is 2.71. The number of carbonyl (C=O) groups excluding carboxylic acids is 1. The molecule has 0 saturated carbocycles. The summed E-state index contributed by atoms with van der Waals surface area (Å²) in [6, 6.07) is 12.2. The standard InChI is InChI=1S/C20H25N3O5S/c1-14-7-8-15(2)19(11-14)29(25,26)23-10-9-21-20(24)22-12-16-13-27-17-5-3-4-6-18(17)28-16/h3-8,11,16,23H,9-10,12-13H2,1-2H3,(H2,21,22,24)/t16-/m0/s1. The molecule has 0 aromatic heterocycles. The van der Waals surface area contributed by atoms with Crippen molar-refractivity contribution < 1.29 is 22.7 Å². The molecule has 0 aliphatic carbocycles. The quantitative estimate of drug-likeness (QED) is 0.593. The molecule has 2 aromatic rings. The van der Waals surface area contributed by atoms with Crippen LogP contribution in [-0.4, -0.2) is 46.8 Å². The molecule has 1 heterocycles. The van der Waals surface area contributed by atoms with Gasteiger partial charge in [-0.2, -0.15) is 0 Å². The van der Waals surface area contributed by atoms with Crippen LogP contribution in [0.1, 0.15) is 11.1 Å². The Labute approximate surface area is 170 Å². The van der Waals surface area contributed by atoms with Crippen LogP contribution in [0.5, 0.6) is 11.5 Å². The van der Waals surface area contributed by atoms with E-state index in [1.807, 2.05) is 37.3 Å². The maximum Gasteiger partial charge on any atom is 0.314 e. The van der Waals surface area contributed by atoms with Crippen molar-refractivity contribution >= 4 is 16.1 Å². The zero-order valence-corrected chi connectivity index (χ0v) is 17.2. The average molecular weight is 420 g/mol. The highest BCUT2D eigenvalue weighted by molar-refractivity contribution is 7.89. The van der Waals surface area contributed by atoms with Crippen molar-refractivity contribution in [3.63, 3.8) is 0 Å². The maximum absolute atomic E-state index is 12.4. The van der Waals surface area contributed by atoms with Gasteiger partial charge in [-0.15, -0.1) is 0 Å². The van der Waals surface area contributed by atoms with E-state index >= 15 is 0 Å². The number of urea groups is 1. The number of carbonyl (C=O) groups is 1. The Kier molecular flexibility index (Phi) is 6.60. The predicted octanol–water partition coefficient (Wildman–Crippen LogP) is 1.72. The smallest absolute Gasteiger partial charge is 0.314 e. The van der Waals surface area contributed by atoms with Gasteiger partial charge in [0.15, 0.2) is 17.6 Å². The molecule has 3 rings (SSSR count). The third-order valence-corrected chi connectivity index (χ3v) is 6.00. The largest absolute Gasteiger partial charge is 0.486 e. The zero-order valence-electron chi connectivity index (χ0n) is 16.4. The van der Waals surface area contributed by atoms with Crippen LogP contribution in [0.15, 0.2) is 47.4 Å². The Hall–Kier alpha value is -2.78. The van der Waals surface area contributed by atoms with Crippen molar-refractivity contribution in [2.45, 2.75) is 24.8 Å². The molecule has 29 heavy (non-hydrogen) atoms. The molecule has 0 fully saturated rings. The van der Waals surface area contributed by atoms with Crippen LogP contribution < -0.4 is 24.8 Å². The number of hydrogen-bond acceptors (Lipinski definition) is 5. The van der Waals surface area contributed by atoms with Gasteiger partial charge in [-0.05, 0) is 43.2 Å². The monoisotopic (exact) mass is 419 g/mol. The highest BCUT2D eigenvalue weighted by Gasteiger charge is 2.21. The van der Waals surface area contributed by atoms with Gasteiger partial charge in [-0.25, -0.2) is 17.9 Å². The van der Waals surface area contributed by atoms with E-state index in [1.54, 1.807) is 19.1 Å². The second-order valence-electron chi connectivity index (χ2n) is 6.80. The first-order valence-electron chi connectivity index (χ1n) is 9.32. The number of amides is 2. The minimum Gasteiger partial charge on any atom is -0.486 e. The van der Waals surface area contributed by atoms with Crippen molar-refractivity contribution in [1.82, 2.24) is 15.4 Å². The number of fused-ring (bicyclic) bond motifs is 1. The van der Waals surface area contributed by atoms with Crippen LogP contribution >= 0.6 is 0 Å². The summed E-state index contributed by atoms with van der Waals surface area (Å²) in [5.41, 5.74) is 1.54. The summed E-state index contributed by atoms with van der Waals surface area (Å²) in [4.78, 5) is 12.2. The lowest BCUT2D eigenvalue weighted by Gasteiger charge is -2.26. The molecule has 0 radical (unpaired) electrons. The Bertz CT molecular complexity index is 978. The Morgan fingerprint density at radius 1 is 1.07 bits per heavy atom. The summed E-state index contributed by atoms with van der Waals surface area (Å²) in [5.74, 6) is 1.33. The van der Waals surface area contributed by atoms with E-state index in [9.17, 15) is 13.2 Å². The van der Waals surface area contributed by atoms with Crippen LogP contribution in [0, 0.1) is 13.8 Å². The molecule has 8 nitrogen and oxygen atoms in total. The van der Waals surface area contributed by atoms with E-state index in [0.717, 1.165) is 5.56 Å². The first-order valence-corrected chi connectivity index (χ1v) is 10.8. The van der Waals surface area contributed by atoms with E-state index in [1.165, 1.54) is 0 Å². The third kappa shape index (κ3) is 5.61. The zero-order chi connectivity index (χ0) is 20.9. The van der Waals surface area contributed by atoms with Crippen LogP contribution in [0.3, 0.4) is 0 Å². The highest BCUT2D eigenvalue weighted by Crippen LogP contribution is 2.30. The van der Waals surface area contributed by atoms with Gasteiger partial charge in [-0.1, -0.05) is 24.3 Å². The molecule has 1 aliphatic rings. The molecule has 156 valence electrons. The summed E-state index contributed by atoms with van der Waals surface area (Å²) in [6.07, 6.45) is -0.293. The highest BCUT2D eigenvalue weighted by atomic mass is 32.2. The number of sulfonamides is 1. The first kappa shape index (κ1) is 20.9. The number of aryl methyl sites for hydroxylation is 2. The molecule has 2 aromatic carbocycles. The topological polar surface area (TPSA) is 106 Å². The SMILES string of the molecule is Cc1ccc(C)c(S(=O)(=O)NCCNC(=O)NC[C@H]2COc3ccccc3O2)c1. The molecule has 3 N–H and O–H groups in total. The predicted molar refractivity (Wildman–Crippen MR) is 109 cm³/mol. The molecule has 9 heteroatoms. The molecule has 0 bridgehead atoms. The minimum absolute atomic E-state index is 0.0829. The van der Waals surface area contributed by atoms with Gasteiger partial charge >= 0.3 is 6.03 Å². The van der Waals surface area contributed by atoms with Gasteiger partial charge in [-0.3, -0.25) is 0 Å². The number of benzene rings is 2. The molecular formula is C20H25N3O5S. The summed E-state index contributed by atoms with van der Waals surface area (Å²) >= 11 is 0. The fourth-order valence-electron chi connectivity index (χ4n) is 2.87. The van der Waals surface area contributed by atoms with Crippen molar-refractivity contribution in [1.29, 1.82) is 0 Å². The number of nitrogens with one attached hydrogen (secondary N) is 3. The lowest BCUT2D eigenvalue weighted by molar-refractivity contribution is 0.0918. The van der Waals surface area contributed by atoms with E-state index in [4.69, 9.17) is 9.47 Å². The number of hydrogen-bond donors (Lipinski definition) is 3. The van der Waals surface area contributed by atoms with E-state index < -0.39 is 16.1 Å². The van der Waals surface area contributed by atoms with Crippen molar-refractivity contribution in [2.24, 2.45) is 0 Å². The van der Waals surface area contributed by atoms with E-state index in [0.29, 0.717) is 23.7 Å². The van der Waals surface area contributed by atoms with Crippen LogP contribution in [-0.2, 0) is 10.0 Å². The summed E-state index contributed by atoms with van der Waals surface area (Å²) in [5, 5.41) is 5.31. The fraction of sp³-hybridized carbons (Fsp3) is 0.350. The molecular weight excluding hydrogens is 394 g/mol. The lowest BCUT2D eigenvalue weighted by Crippen LogP contribution is -2.46. The van der Waals surface area contributed by atoms with E-state index in [-0.39, 0.29) is 30.6 Å². The van der Waals surface area contributed by atoms with E-state index in [2.05, 4.69) is 15.4 Å². The van der Waals surface area contributed by atoms with Crippen LogP contribution in [0.4, 0.5) is 4.79 Å². The van der Waals surface area contributed by atoms with Crippen molar-refractivity contribution in [2.75, 3.05) is 26.2 Å². The molecule has 2 amide bonds. The van der Waals surface area contributed by atoms with Crippen molar-refractivity contribution in [3.05, 3.63) is 53.6 Å². The van der Waals surface area contributed by atoms with Gasteiger partial charge < -0.3 is 20.1 Å². The minimum atomic E-state index is -3.63. The Balaban J connectivity index is 1.39. The summed E-state index contributed by atoms with van der Waals surface area (Å²) < 4.78 is 38.7. The molecule has 1 atom stereocenters. The number of ether oxygens (including phenoxy) is 2. The molecule has 0 unspecified atom stereocenters. The molecule has 1 aliphatic heterocycles. The second-order valence-corrected chi connectivity index (χ2v) is 8.54. The first-order chi connectivity index (χ1) is 13.8. The maximum atomic E-state index is 12.4. The summed E-state index contributed by atoms with van der Waals surface area (Å²) in [6.45, 7) is 4.43. The third-order valence-electron chi connectivity index (χ3n) is 4.39. The van der Waals surface area contributed by atoms with Gasteiger partial charge in [0.05, 0.1) is 11.4 Å². The molecule has 0 saturated heterocycles. The number of rotatable bonds is 7. The molecule has 0 spiro atoms. The van der Waals surface area contributed by atoms with Crippen LogP contribution in [0.2, 0.25) is 0 Å². The van der Waals surface area contributed by atoms with Crippen LogP contribution in [0.25, 0.3) is 0 Å². The Morgan fingerprint density at radius 2 is 1.83 bits per heavy atom. The number of para-hydroxylation sites is 2. The van der Waals surface area contributed by atoms with Crippen molar-refractivity contribution in [3.8, 4) is 11.5 Å². The fourth-order valence-corrected chi connectivity index (χ4v) is 4.23. The van der Waals surface area contributed by atoms with Gasteiger partial charge in [0.1, 0.15) is 6.61 Å².